The molecule has 1 aliphatic rings. The van der Waals surface area contributed by atoms with E-state index in [1.165, 1.54) is 17.3 Å². The van der Waals surface area contributed by atoms with E-state index in [1.807, 2.05) is 35.2 Å². The quantitative estimate of drug-likeness (QED) is 0.683. The van der Waals surface area contributed by atoms with Gasteiger partial charge in [-0.2, -0.15) is 5.10 Å². The second kappa shape index (κ2) is 7.96. The Bertz CT molecular complexity index is 1020. The van der Waals surface area contributed by atoms with Crippen LogP contribution in [0, 0.1) is 0 Å². The van der Waals surface area contributed by atoms with Crippen molar-refractivity contribution in [2.24, 2.45) is 0 Å². The predicted molar refractivity (Wildman–Crippen MR) is 107 cm³/mol. The number of rotatable bonds is 5. The zero-order valence-corrected chi connectivity index (χ0v) is 16.1. The molecule has 7 heteroatoms. The standard InChI is InChI=1S/C21H25N5O2/c1-2-16-8-6-7-12-25(16)19(27)11-13-24-15-22-20-18(21(24)28)14-23-26(20)17-9-4-3-5-10-17/h3-5,9-10,14-16H,2,6-8,11-13H2,1H3. The molecule has 0 radical (unpaired) electrons. The van der Waals surface area contributed by atoms with Gasteiger partial charge in [-0.3, -0.25) is 14.2 Å². The topological polar surface area (TPSA) is 73.0 Å². The van der Waals surface area contributed by atoms with Gasteiger partial charge in [0.2, 0.25) is 5.91 Å². The van der Waals surface area contributed by atoms with Crippen LogP contribution >= 0.6 is 0 Å². The van der Waals surface area contributed by atoms with Gasteiger partial charge in [0.25, 0.3) is 5.56 Å². The molecule has 1 aliphatic heterocycles. The lowest BCUT2D eigenvalue weighted by atomic mass is 9.99. The first-order chi connectivity index (χ1) is 13.7. The Morgan fingerprint density at radius 2 is 2.04 bits per heavy atom. The molecule has 1 amide bonds. The van der Waals surface area contributed by atoms with Crippen molar-refractivity contribution < 1.29 is 4.79 Å². The summed E-state index contributed by atoms with van der Waals surface area (Å²) >= 11 is 0. The number of piperidine rings is 1. The Labute approximate surface area is 163 Å². The number of fused-ring (bicyclic) bond motifs is 1. The van der Waals surface area contributed by atoms with Gasteiger partial charge in [-0.1, -0.05) is 25.1 Å². The number of benzene rings is 1. The molecule has 1 saturated heterocycles. The maximum Gasteiger partial charge on any atom is 0.264 e. The Balaban J connectivity index is 1.53. The van der Waals surface area contributed by atoms with E-state index < -0.39 is 0 Å². The summed E-state index contributed by atoms with van der Waals surface area (Å²) in [5, 5.41) is 4.78. The molecule has 0 N–H and O–H groups in total. The molecule has 0 saturated carbocycles. The fourth-order valence-corrected chi connectivity index (χ4v) is 3.98. The minimum absolute atomic E-state index is 0.124. The fraction of sp³-hybridized carbons (Fsp3) is 0.429. The third-order valence-corrected chi connectivity index (χ3v) is 5.54. The van der Waals surface area contributed by atoms with Crippen LogP contribution < -0.4 is 5.56 Å². The van der Waals surface area contributed by atoms with Crippen LogP contribution in [0.15, 0.2) is 47.7 Å². The number of para-hydroxylation sites is 1. The molecule has 0 aliphatic carbocycles. The summed E-state index contributed by atoms with van der Waals surface area (Å²) in [6, 6.07) is 9.93. The monoisotopic (exact) mass is 379 g/mol. The third kappa shape index (κ3) is 3.44. The molecule has 1 unspecified atom stereocenters. The van der Waals surface area contributed by atoms with E-state index in [0.717, 1.165) is 31.5 Å². The number of hydrogen-bond acceptors (Lipinski definition) is 4. The molecular formula is C21H25N5O2. The molecule has 2 aromatic heterocycles. The Kier molecular flexibility index (Phi) is 5.23. The normalized spacial score (nSPS) is 17.2. The van der Waals surface area contributed by atoms with Crippen molar-refractivity contribution in [3.63, 3.8) is 0 Å². The van der Waals surface area contributed by atoms with E-state index in [1.54, 1.807) is 10.9 Å². The largest absolute Gasteiger partial charge is 0.340 e. The molecule has 1 atom stereocenters. The minimum atomic E-state index is -0.161. The number of carbonyl (C=O) groups excluding carboxylic acids is 1. The van der Waals surface area contributed by atoms with Gasteiger partial charge in [0.15, 0.2) is 5.65 Å². The van der Waals surface area contributed by atoms with Crippen LogP contribution in [-0.4, -0.2) is 42.7 Å². The van der Waals surface area contributed by atoms with Gasteiger partial charge in [-0.15, -0.1) is 0 Å². The van der Waals surface area contributed by atoms with Crippen LogP contribution in [0.3, 0.4) is 0 Å². The maximum absolute atomic E-state index is 12.8. The van der Waals surface area contributed by atoms with Gasteiger partial charge in [0, 0.05) is 25.6 Å². The summed E-state index contributed by atoms with van der Waals surface area (Å²) in [4.78, 5) is 31.9. The van der Waals surface area contributed by atoms with Gasteiger partial charge in [-0.25, -0.2) is 9.67 Å². The number of carbonyl (C=O) groups is 1. The smallest absolute Gasteiger partial charge is 0.264 e. The van der Waals surface area contributed by atoms with Gasteiger partial charge >= 0.3 is 0 Å². The number of aryl methyl sites for hydroxylation is 1. The molecule has 3 heterocycles. The van der Waals surface area contributed by atoms with Crippen LogP contribution in [0.1, 0.15) is 39.0 Å². The molecule has 1 aromatic carbocycles. The first-order valence-electron chi connectivity index (χ1n) is 9.97. The summed E-state index contributed by atoms with van der Waals surface area (Å²) in [6.07, 6.45) is 7.70. The molecule has 7 nitrogen and oxygen atoms in total. The molecule has 3 aromatic rings. The lowest BCUT2D eigenvalue weighted by Crippen LogP contribution is -2.43. The first-order valence-corrected chi connectivity index (χ1v) is 9.97. The highest BCUT2D eigenvalue weighted by Gasteiger charge is 2.25. The van der Waals surface area contributed by atoms with Crippen molar-refractivity contribution >= 4 is 16.9 Å². The van der Waals surface area contributed by atoms with E-state index >= 15 is 0 Å². The van der Waals surface area contributed by atoms with Gasteiger partial charge < -0.3 is 4.90 Å². The van der Waals surface area contributed by atoms with Crippen molar-refractivity contribution in [2.45, 2.75) is 51.6 Å². The summed E-state index contributed by atoms with van der Waals surface area (Å²) in [5.74, 6) is 0.124. The second-order valence-corrected chi connectivity index (χ2v) is 7.27. The van der Waals surface area contributed by atoms with Crippen LogP contribution in [0.2, 0.25) is 0 Å². The highest BCUT2D eigenvalue weighted by Crippen LogP contribution is 2.20. The zero-order valence-electron chi connectivity index (χ0n) is 16.1. The fourth-order valence-electron chi connectivity index (χ4n) is 3.98. The van der Waals surface area contributed by atoms with E-state index in [0.29, 0.717) is 30.0 Å². The van der Waals surface area contributed by atoms with Crippen molar-refractivity contribution in [1.29, 1.82) is 0 Å². The number of hydrogen-bond donors (Lipinski definition) is 0. The van der Waals surface area contributed by atoms with Gasteiger partial charge in [-0.05, 0) is 37.8 Å². The number of aromatic nitrogens is 4. The summed E-state index contributed by atoms with van der Waals surface area (Å²) < 4.78 is 3.17. The lowest BCUT2D eigenvalue weighted by Gasteiger charge is -2.35. The molecule has 146 valence electrons. The Morgan fingerprint density at radius 1 is 1.21 bits per heavy atom. The molecule has 1 fully saturated rings. The first kappa shape index (κ1) is 18.4. The number of amides is 1. The Hall–Kier alpha value is -2.96. The number of likely N-dealkylation sites (tertiary alicyclic amines) is 1. The van der Waals surface area contributed by atoms with E-state index in [9.17, 15) is 9.59 Å². The third-order valence-electron chi connectivity index (χ3n) is 5.54. The van der Waals surface area contributed by atoms with Crippen molar-refractivity contribution in [3.05, 3.63) is 53.2 Å². The van der Waals surface area contributed by atoms with Gasteiger partial charge in [0.1, 0.15) is 5.39 Å². The van der Waals surface area contributed by atoms with Crippen LogP contribution in [-0.2, 0) is 11.3 Å². The second-order valence-electron chi connectivity index (χ2n) is 7.27. The Morgan fingerprint density at radius 3 is 2.82 bits per heavy atom. The predicted octanol–water partition coefficient (Wildman–Crippen LogP) is 2.76. The van der Waals surface area contributed by atoms with E-state index in [2.05, 4.69) is 17.0 Å². The molecular weight excluding hydrogens is 354 g/mol. The van der Waals surface area contributed by atoms with Crippen LogP contribution in [0.4, 0.5) is 0 Å². The summed E-state index contributed by atoms with van der Waals surface area (Å²) in [7, 11) is 0. The maximum atomic E-state index is 12.8. The summed E-state index contributed by atoms with van der Waals surface area (Å²) in [6.45, 7) is 3.29. The highest BCUT2D eigenvalue weighted by atomic mass is 16.2. The minimum Gasteiger partial charge on any atom is -0.340 e. The SMILES string of the molecule is CCC1CCCCN1C(=O)CCn1cnc2c(cnn2-c2ccccc2)c1=O. The van der Waals surface area contributed by atoms with E-state index in [4.69, 9.17) is 0 Å². The molecule has 28 heavy (non-hydrogen) atoms. The van der Waals surface area contributed by atoms with Crippen LogP contribution in [0.5, 0.6) is 0 Å². The lowest BCUT2D eigenvalue weighted by molar-refractivity contribution is -0.135. The van der Waals surface area contributed by atoms with Crippen LogP contribution in [0.25, 0.3) is 16.7 Å². The summed E-state index contributed by atoms with van der Waals surface area (Å²) in [5.41, 5.74) is 1.22. The average molecular weight is 379 g/mol. The average Bonchev–Trinajstić information content (AvgIpc) is 3.18. The zero-order chi connectivity index (χ0) is 19.5. The van der Waals surface area contributed by atoms with Crippen molar-refractivity contribution in [3.8, 4) is 5.69 Å². The molecule has 0 bridgehead atoms. The van der Waals surface area contributed by atoms with Crippen molar-refractivity contribution in [2.75, 3.05) is 6.54 Å². The highest BCUT2D eigenvalue weighted by molar-refractivity contribution is 5.77. The number of nitrogens with zero attached hydrogens (tertiary/aromatic N) is 5. The van der Waals surface area contributed by atoms with E-state index in [-0.39, 0.29) is 11.5 Å². The van der Waals surface area contributed by atoms with Gasteiger partial charge in [0.05, 0.1) is 18.2 Å². The molecule has 4 rings (SSSR count). The van der Waals surface area contributed by atoms with Crippen molar-refractivity contribution in [1.82, 2.24) is 24.2 Å². The molecule has 0 spiro atoms.